The number of benzene rings is 2. The number of nitrogens with one attached hydrogen (secondary N) is 3. The number of aromatic nitrogens is 3. The molecule has 0 aliphatic rings. The van der Waals surface area contributed by atoms with E-state index in [0.29, 0.717) is 34.5 Å². The van der Waals surface area contributed by atoms with E-state index in [1.807, 2.05) is 6.92 Å². The van der Waals surface area contributed by atoms with Crippen molar-refractivity contribution in [3.8, 4) is 16.9 Å². The number of carbonyl (C=O) groups is 1. The molecular formula is C23H22FN5O3. The average Bonchev–Trinajstić information content (AvgIpc) is 3.31. The zero-order chi connectivity index (χ0) is 22.7. The van der Waals surface area contributed by atoms with Gasteiger partial charge in [-0.15, -0.1) is 0 Å². The lowest BCUT2D eigenvalue weighted by molar-refractivity contribution is 0.0953. The molecule has 164 valence electrons. The molecule has 2 heterocycles. The van der Waals surface area contributed by atoms with E-state index in [2.05, 4.69) is 20.3 Å². The average molecular weight is 435 g/mol. The third kappa shape index (κ3) is 4.04. The molecule has 0 aliphatic heterocycles. The number of H-pyrrole nitrogens is 2. The molecule has 2 aromatic heterocycles. The molecular weight excluding hydrogens is 413 g/mol. The lowest BCUT2D eigenvalue weighted by Crippen LogP contribution is -2.31. The Hall–Kier alpha value is -4.14. The van der Waals surface area contributed by atoms with Crippen LogP contribution in [0.3, 0.4) is 0 Å². The topological polar surface area (TPSA) is 126 Å². The monoisotopic (exact) mass is 435 g/mol. The molecule has 4 rings (SSSR count). The van der Waals surface area contributed by atoms with Gasteiger partial charge in [0.2, 0.25) is 0 Å². The van der Waals surface area contributed by atoms with Gasteiger partial charge in [-0.25, -0.2) is 9.37 Å². The van der Waals surface area contributed by atoms with Crippen LogP contribution in [0.4, 0.5) is 10.1 Å². The maximum absolute atomic E-state index is 14.8. The quantitative estimate of drug-likeness (QED) is 0.354. The van der Waals surface area contributed by atoms with Crippen molar-refractivity contribution in [2.75, 3.05) is 12.3 Å². The van der Waals surface area contributed by atoms with Crippen molar-refractivity contribution in [2.45, 2.75) is 20.0 Å². The number of imidazole rings is 1. The summed E-state index contributed by atoms with van der Waals surface area (Å²) in [5.74, 6) is -0.598. The van der Waals surface area contributed by atoms with E-state index in [1.165, 1.54) is 12.1 Å². The first-order valence-corrected chi connectivity index (χ1v) is 10.1. The second-order valence-corrected chi connectivity index (χ2v) is 7.22. The molecule has 2 aromatic carbocycles. The number of anilines is 1. The van der Waals surface area contributed by atoms with Crippen LogP contribution in [0.1, 0.15) is 29.4 Å². The van der Waals surface area contributed by atoms with Crippen molar-refractivity contribution >= 4 is 22.5 Å². The highest BCUT2D eigenvalue weighted by Gasteiger charge is 2.20. The third-order valence-corrected chi connectivity index (χ3v) is 5.02. The summed E-state index contributed by atoms with van der Waals surface area (Å²) < 4.78 is 20.5. The van der Waals surface area contributed by atoms with E-state index in [0.717, 1.165) is 6.42 Å². The SMILES string of the molecule is CCCNC(=O)c1c(N)c2cccc(-c3cc(OCc4c[nH]cn4)ccc3F)c2[nH]c1=O. The summed E-state index contributed by atoms with van der Waals surface area (Å²) in [6.45, 7) is 2.54. The molecule has 32 heavy (non-hydrogen) atoms. The van der Waals surface area contributed by atoms with Gasteiger partial charge in [-0.05, 0) is 24.6 Å². The lowest BCUT2D eigenvalue weighted by atomic mass is 9.99. The first kappa shape index (κ1) is 21.1. The fraction of sp³-hybridized carbons (Fsp3) is 0.174. The smallest absolute Gasteiger partial charge is 0.263 e. The Morgan fingerprint density at radius 1 is 1.25 bits per heavy atom. The zero-order valence-corrected chi connectivity index (χ0v) is 17.4. The van der Waals surface area contributed by atoms with Crippen LogP contribution in [0.2, 0.25) is 0 Å². The van der Waals surface area contributed by atoms with Crippen LogP contribution in [0.25, 0.3) is 22.0 Å². The molecule has 0 radical (unpaired) electrons. The summed E-state index contributed by atoms with van der Waals surface area (Å²) in [5.41, 5.74) is 7.15. The highest BCUT2D eigenvalue weighted by molar-refractivity contribution is 6.08. The minimum Gasteiger partial charge on any atom is -0.487 e. The van der Waals surface area contributed by atoms with Crippen LogP contribution >= 0.6 is 0 Å². The summed E-state index contributed by atoms with van der Waals surface area (Å²) >= 11 is 0. The number of halogens is 1. The van der Waals surface area contributed by atoms with E-state index < -0.39 is 17.3 Å². The Bertz CT molecular complexity index is 1330. The third-order valence-electron chi connectivity index (χ3n) is 5.02. The fourth-order valence-electron chi connectivity index (χ4n) is 3.45. The van der Waals surface area contributed by atoms with E-state index in [1.54, 1.807) is 36.8 Å². The van der Waals surface area contributed by atoms with Gasteiger partial charge in [-0.2, -0.15) is 0 Å². The number of amides is 1. The first-order chi connectivity index (χ1) is 15.5. The Labute approximate surface area is 182 Å². The van der Waals surface area contributed by atoms with Crippen molar-refractivity contribution in [3.05, 3.63) is 76.4 Å². The van der Waals surface area contributed by atoms with E-state index in [4.69, 9.17) is 10.5 Å². The van der Waals surface area contributed by atoms with Gasteiger partial charge in [0.05, 0.1) is 23.2 Å². The van der Waals surface area contributed by atoms with Gasteiger partial charge in [0.1, 0.15) is 23.7 Å². The molecule has 0 saturated carbocycles. The Kier molecular flexibility index (Phi) is 5.89. The van der Waals surface area contributed by atoms with Crippen molar-refractivity contribution in [1.29, 1.82) is 0 Å². The van der Waals surface area contributed by atoms with Crippen molar-refractivity contribution in [3.63, 3.8) is 0 Å². The predicted molar refractivity (Wildman–Crippen MR) is 120 cm³/mol. The molecule has 0 bridgehead atoms. The molecule has 0 fully saturated rings. The summed E-state index contributed by atoms with van der Waals surface area (Å²) in [7, 11) is 0. The summed E-state index contributed by atoms with van der Waals surface area (Å²) in [6, 6.07) is 9.40. The molecule has 5 N–H and O–H groups in total. The number of rotatable bonds is 7. The molecule has 1 amide bonds. The van der Waals surface area contributed by atoms with Gasteiger partial charge in [0.15, 0.2) is 0 Å². The van der Waals surface area contributed by atoms with E-state index >= 15 is 0 Å². The largest absolute Gasteiger partial charge is 0.487 e. The molecule has 0 saturated heterocycles. The van der Waals surface area contributed by atoms with Gasteiger partial charge >= 0.3 is 0 Å². The molecule has 0 atom stereocenters. The molecule has 0 unspecified atom stereocenters. The second kappa shape index (κ2) is 8.93. The lowest BCUT2D eigenvalue weighted by Gasteiger charge is -2.13. The zero-order valence-electron chi connectivity index (χ0n) is 17.4. The number of ether oxygens (including phenoxy) is 1. The second-order valence-electron chi connectivity index (χ2n) is 7.22. The van der Waals surface area contributed by atoms with Crippen LogP contribution in [-0.2, 0) is 6.61 Å². The molecule has 0 spiro atoms. The van der Waals surface area contributed by atoms with Gasteiger partial charge in [0.25, 0.3) is 11.5 Å². The Morgan fingerprint density at radius 3 is 2.84 bits per heavy atom. The molecule has 9 heteroatoms. The Balaban J connectivity index is 1.77. The van der Waals surface area contributed by atoms with Crippen molar-refractivity contribution < 1.29 is 13.9 Å². The van der Waals surface area contributed by atoms with Crippen LogP contribution in [0, 0.1) is 5.82 Å². The van der Waals surface area contributed by atoms with Gasteiger partial charge in [-0.3, -0.25) is 9.59 Å². The molecule has 0 aliphatic carbocycles. The number of pyridine rings is 1. The maximum atomic E-state index is 14.8. The minimum atomic E-state index is -0.637. The van der Waals surface area contributed by atoms with E-state index in [9.17, 15) is 14.0 Å². The number of fused-ring (bicyclic) bond motifs is 1. The van der Waals surface area contributed by atoms with Crippen molar-refractivity contribution in [1.82, 2.24) is 20.3 Å². The highest BCUT2D eigenvalue weighted by Crippen LogP contribution is 2.34. The summed E-state index contributed by atoms with van der Waals surface area (Å²) in [5, 5.41) is 3.11. The van der Waals surface area contributed by atoms with Crippen LogP contribution in [-0.4, -0.2) is 27.4 Å². The number of carbonyl (C=O) groups excluding carboxylic acids is 1. The van der Waals surface area contributed by atoms with Gasteiger partial charge < -0.3 is 25.8 Å². The fourth-order valence-corrected chi connectivity index (χ4v) is 3.45. The number of nitrogens with two attached hydrogens (primary N) is 1. The minimum absolute atomic E-state index is 0.0468. The van der Waals surface area contributed by atoms with Crippen LogP contribution in [0.5, 0.6) is 5.75 Å². The number of hydrogen-bond acceptors (Lipinski definition) is 5. The number of nitrogen functional groups attached to an aromatic ring is 1. The van der Waals surface area contributed by atoms with Crippen molar-refractivity contribution in [2.24, 2.45) is 0 Å². The van der Waals surface area contributed by atoms with Crippen LogP contribution in [0.15, 0.2) is 53.7 Å². The van der Waals surface area contributed by atoms with E-state index in [-0.39, 0.29) is 23.4 Å². The van der Waals surface area contributed by atoms with Gasteiger partial charge in [0, 0.05) is 29.3 Å². The maximum Gasteiger partial charge on any atom is 0.263 e. The van der Waals surface area contributed by atoms with Crippen LogP contribution < -0.4 is 21.3 Å². The first-order valence-electron chi connectivity index (χ1n) is 10.1. The number of nitrogens with zero attached hydrogens (tertiary/aromatic N) is 1. The normalized spacial score (nSPS) is 10.9. The predicted octanol–water partition coefficient (Wildman–Crippen LogP) is 3.36. The molecule has 4 aromatic rings. The standard InChI is InChI=1S/C23H22FN5O3/c1-2-8-27-22(30)19-20(25)16-5-3-4-15(21(16)29-23(19)31)17-9-14(6-7-18(17)24)32-11-13-10-26-12-28-13/h3-7,9-10,12H,2,8,11H2,1H3,(H,26,28)(H,27,30)(H3,25,29,31). The summed E-state index contributed by atoms with van der Waals surface area (Å²) in [6.07, 6.45) is 3.97. The number of aromatic amines is 2. The number of hydrogen-bond donors (Lipinski definition) is 4. The molecule has 8 nitrogen and oxygen atoms in total. The summed E-state index contributed by atoms with van der Waals surface area (Å²) in [4.78, 5) is 34.8. The van der Waals surface area contributed by atoms with Gasteiger partial charge in [-0.1, -0.05) is 25.1 Å². The number of para-hydroxylation sites is 1. The Morgan fingerprint density at radius 2 is 2.09 bits per heavy atom. The highest BCUT2D eigenvalue weighted by atomic mass is 19.1.